The van der Waals surface area contributed by atoms with E-state index < -0.39 is 0 Å². The summed E-state index contributed by atoms with van der Waals surface area (Å²) in [5.74, 6) is -0.150. The summed E-state index contributed by atoms with van der Waals surface area (Å²) in [5.41, 5.74) is 10.7. The van der Waals surface area contributed by atoms with Crippen LogP contribution in [0.3, 0.4) is 0 Å². The van der Waals surface area contributed by atoms with Crippen LogP contribution in [0.4, 0.5) is 17.1 Å². The molecule has 2 aromatic rings. The number of nitrogens with two attached hydrogens (primary N) is 1. The Kier molecular flexibility index (Phi) is 4.17. The molecule has 0 unspecified atom stereocenters. The van der Waals surface area contributed by atoms with Gasteiger partial charge in [-0.3, -0.25) is 4.79 Å². The highest BCUT2D eigenvalue weighted by atomic mass is 16.1. The summed E-state index contributed by atoms with van der Waals surface area (Å²) in [6, 6.07) is 11.3. The SMILES string of the molecule is Cc1cccc(C)c1NC(=O)c1cc(N)ccc1N(C)C. The van der Waals surface area contributed by atoms with Crippen LogP contribution in [0.15, 0.2) is 36.4 Å². The highest BCUT2D eigenvalue weighted by Gasteiger charge is 2.15. The number of aryl methyl sites for hydroxylation is 2. The van der Waals surface area contributed by atoms with Crippen LogP contribution in [0.5, 0.6) is 0 Å². The molecule has 0 fully saturated rings. The van der Waals surface area contributed by atoms with Gasteiger partial charge in [-0.25, -0.2) is 0 Å². The zero-order valence-electron chi connectivity index (χ0n) is 12.9. The molecule has 0 aliphatic carbocycles. The fourth-order valence-corrected chi connectivity index (χ4v) is 2.32. The van der Waals surface area contributed by atoms with E-state index in [9.17, 15) is 4.79 Å². The van der Waals surface area contributed by atoms with Gasteiger partial charge in [0, 0.05) is 31.2 Å². The number of para-hydroxylation sites is 1. The summed E-state index contributed by atoms with van der Waals surface area (Å²) in [6.07, 6.45) is 0. The van der Waals surface area contributed by atoms with Crippen LogP contribution < -0.4 is 16.0 Å². The predicted octanol–water partition coefficient (Wildman–Crippen LogP) is 3.20. The number of anilines is 3. The van der Waals surface area contributed by atoms with Gasteiger partial charge in [0.25, 0.3) is 5.91 Å². The van der Waals surface area contributed by atoms with Crippen molar-refractivity contribution in [3.8, 4) is 0 Å². The summed E-state index contributed by atoms with van der Waals surface area (Å²) < 4.78 is 0. The third kappa shape index (κ3) is 3.16. The number of nitrogen functional groups attached to an aromatic ring is 1. The molecular weight excluding hydrogens is 262 g/mol. The van der Waals surface area contributed by atoms with Crippen molar-refractivity contribution in [2.75, 3.05) is 30.0 Å². The Labute approximate surface area is 125 Å². The molecule has 1 amide bonds. The zero-order valence-corrected chi connectivity index (χ0v) is 12.9. The Morgan fingerprint density at radius 1 is 1.10 bits per heavy atom. The van der Waals surface area contributed by atoms with Crippen molar-refractivity contribution in [2.45, 2.75) is 13.8 Å². The molecule has 0 aliphatic heterocycles. The topological polar surface area (TPSA) is 58.4 Å². The fraction of sp³-hybridized carbons (Fsp3) is 0.235. The van der Waals surface area contributed by atoms with E-state index in [1.165, 1.54) is 0 Å². The monoisotopic (exact) mass is 283 g/mol. The summed E-state index contributed by atoms with van der Waals surface area (Å²) in [6.45, 7) is 3.96. The van der Waals surface area contributed by atoms with Crippen LogP contribution in [0.25, 0.3) is 0 Å². The number of nitrogens with one attached hydrogen (secondary N) is 1. The Balaban J connectivity index is 2.39. The number of carbonyl (C=O) groups excluding carboxylic acids is 1. The maximum Gasteiger partial charge on any atom is 0.257 e. The molecule has 0 bridgehead atoms. The lowest BCUT2D eigenvalue weighted by Gasteiger charge is -2.18. The molecule has 21 heavy (non-hydrogen) atoms. The smallest absolute Gasteiger partial charge is 0.257 e. The molecule has 0 radical (unpaired) electrons. The molecule has 0 saturated carbocycles. The van der Waals surface area contributed by atoms with Crippen molar-refractivity contribution < 1.29 is 4.79 Å². The molecule has 0 saturated heterocycles. The van der Waals surface area contributed by atoms with Gasteiger partial charge in [-0.05, 0) is 43.2 Å². The molecular formula is C17H21N3O. The number of rotatable bonds is 3. The normalized spacial score (nSPS) is 10.3. The molecule has 110 valence electrons. The minimum absolute atomic E-state index is 0.150. The summed E-state index contributed by atoms with van der Waals surface area (Å²) in [4.78, 5) is 14.5. The molecule has 2 rings (SSSR count). The van der Waals surface area contributed by atoms with Gasteiger partial charge in [0.05, 0.1) is 5.56 Å². The summed E-state index contributed by atoms with van der Waals surface area (Å²) in [7, 11) is 3.81. The fourth-order valence-electron chi connectivity index (χ4n) is 2.32. The standard InChI is InChI=1S/C17H21N3O/c1-11-6-5-7-12(2)16(11)19-17(21)14-10-13(18)8-9-15(14)20(3)4/h5-10H,18H2,1-4H3,(H,19,21). The van der Waals surface area contributed by atoms with E-state index in [0.29, 0.717) is 11.3 Å². The lowest BCUT2D eigenvalue weighted by molar-refractivity contribution is 0.102. The van der Waals surface area contributed by atoms with Gasteiger partial charge in [-0.2, -0.15) is 0 Å². The quantitative estimate of drug-likeness (QED) is 0.850. The maximum atomic E-state index is 12.6. The van der Waals surface area contributed by atoms with Crippen LogP contribution >= 0.6 is 0 Å². The maximum absolute atomic E-state index is 12.6. The van der Waals surface area contributed by atoms with Gasteiger partial charge < -0.3 is 16.0 Å². The van der Waals surface area contributed by atoms with Crippen molar-refractivity contribution in [3.63, 3.8) is 0 Å². The lowest BCUT2D eigenvalue weighted by atomic mass is 10.1. The first-order valence-electron chi connectivity index (χ1n) is 6.84. The molecule has 2 aromatic carbocycles. The van der Waals surface area contributed by atoms with Gasteiger partial charge >= 0.3 is 0 Å². The third-order valence-electron chi connectivity index (χ3n) is 3.47. The number of hydrogen-bond donors (Lipinski definition) is 2. The predicted molar refractivity (Wildman–Crippen MR) is 89.1 cm³/mol. The number of carbonyl (C=O) groups is 1. The Morgan fingerprint density at radius 3 is 2.29 bits per heavy atom. The highest BCUT2D eigenvalue weighted by molar-refractivity contribution is 6.09. The number of hydrogen-bond acceptors (Lipinski definition) is 3. The van der Waals surface area contributed by atoms with Gasteiger partial charge in [0.1, 0.15) is 0 Å². The van der Waals surface area contributed by atoms with E-state index in [1.807, 2.05) is 57.1 Å². The van der Waals surface area contributed by atoms with Crippen LogP contribution in [0.2, 0.25) is 0 Å². The van der Waals surface area contributed by atoms with Crippen LogP contribution in [-0.2, 0) is 0 Å². The Bertz CT molecular complexity index is 657. The molecule has 0 atom stereocenters. The Hall–Kier alpha value is -2.49. The molecule has 0 spiro atoms. The largest absolute Gasteiger partial charge is 0.399 e. The van der Waals surface area contributed by atoms with Gasteiger partial charge in [-0.1, -0.05) is 18.2 Å². The second-order valence-corrected chi connectivity index (χ2v) is 5.39. The van der Waals surface area contributed by atoms with Crippen LogP contribution in [-0.4, -0.2) is 20.0 Å². The van der Waals surface area contributed by atoms with E-state index in [2.05, 4.69) is 5.32 Å². The first-order chi connectivity index (χ1) is 9.90. The molecule has 0 aromatic heterocycles. The third-order valence-corrected chi connectivity index (χ3v) is 3.47. The van der Waals surface area contributed by atoms with Crippen LogP contribution in [0.1, 0.15) is 21.5 Å². The van der Waals surface area contributed by atoms with Crippen molar-refractivity contribution in [3.05, 3.63) is 53.1 Å². The van der Waals surface area contributed by atoms with Gasteiger partial charge in [-0.15, -0.1) is 0 Å². The van der Waals surface area contributed by atoms with Crippen LogP contribution in [0, 0.1) is 13.8 Å². The zero-order chi connectivity index (χ0) is 15.6. The summed E-state index contributed by atoms with van der Waals surface area (Å²) in [5, 5.41) is 3.00. The molecule has 4 heteroatoms. The van der Waals surface area contributed by atoms with Crippen molar-refractivity contribution in [1.29, 1.82) is 0 Å². The minimum Gasteiger partial charge on any atom is -0.399 e. The first-order valence-corrected chi connectivity index (χ1v) is 6.84. The van der Waals surface area contributed by atoms with E-state index in [4.69, 9.17) is 5.73 Å². The van der Waals surface area contributed by atoms with Crippen molar-refractivity contribution >= 4 is 23.0 Å². The van der Waals surface area contributed by atoms with Gasteiger partial charge in [0.2, 0.25) is 0 Å². The van der Waals surface area contributed by atoms with E-state index in [0.717, 1.165) is 22.5 Å². The number of nitrogens with zero attached hydrogens (tertiary/aromatic N) is 1. The average Bonchev–Trinajstić information content (AvgIpc) is 2.42. The highest BCUT2D eigenvalue weighted by Crippen LogP contribution is 2.25. The second-order valence-electron chi connectivity index (χ2n) is 5.39. The number of amides is 1. The molecule has 3 N–H and O–H groups in total. The minimum atomic E-state index is -0.150. The first kappa shape index (κ1) is 14.9. The molecule has 0 heterocycles. The lowest BCUT2D eigenvalue weighted by Crippen LogP contribution is -2.19. The Morgan fingerprint density at radius 2 is 1.71 bits per heavy atom. The molecule has 4 nitrogen and oxygen atoms in total. The number of benzene rings is 2. The van der Waals surface area contributed by atoms with E-state index in [1.54, 1.807) is 12.1 Å². The molecule has 0 aliphatic rings. The summed E-state index contributed by atoms with van der Waals surface area (Å²) >= 11 is 0. The van der Waals surface area contributed by atoms with E-state index in [-0.39, 0.29) is 5.91 Å². The van der Waals surface area contributed by atoms with Gasteiger partial charge in [0.15, 0.2) is 0 Å². The van der Waals surface area contributed by atoms with Crippen molar-refractivity contribution in [2.24, 2.45) is 0 Å². The second kappa shape index (κ2) is 5.87. The van der Waals surface area contributed by atoms with E-state index >= 15 is 0 Å². The average molecular weight is 283 g/mol. The van der Waals surface area contributed by atoms with Crippen molar-refractivity contribution in [1.82, 2.24) is 0 Å².